The molecule has 1 unspecified atom stereocenters. The summed E-state index contributed by atoms with van der Waals surface area (Å²) in [5.41, 5.74) is 0.741. The van der Waals surface area contributed by atoms with Gasteiger partial charge in [0.25, 0.3) is 6.43 Å². The average molecular weight is 282 g/mol. The lowest BCUT2D eigenvalue weighted by Crippen LogP contribution is -2.24. The fourth-order valence-corrected chi connectivity index (χ4v) is 1.54. The van der Waals surface area contributed by atoms with Gasteiger partial charge < -0.3 is 10.1 Å². The SMILES string of the molecule is CC(NCCOCC(F)F)c1ccc(Cl)c(F)c1. The molecule has 0 aliphatic carbocycles. The smallest absolute Gasteiger partial charge is 0.261 e. The topological polar surface area (TPSA) is 21.3 Å². The summed E-state index contributed by atoms with van der Waals surface area (Å²) >= 11 is 5.57. The van der Waals surface area contributed by atoms with E-state index < -0.39 is 18.8 Å². The Morgan fingerprint density at radius 1 is 1.39 bits per heavy atom. The van der Waals surface area contributed by atoms with Crippen LogP contribution in [-0.2, 0) is 4.74 Å². The van der Waals surface area contributed by atoms with E-state index in [0.717, 1.165) is 5.56 Å². The Kier molecular flexibility index (Phi) is 6.46. The molecule has 2 nitrogen and oxygen atoms in total. The number of hydrogen-bond acceptors (Lipinski definition) is 2. The summed E-state index contributed by atoms with van der Waals surface area (Å²) in [5.74, 6) is -0.475. The van der Waals surface area contributed by atoms with Gasteiger partial charge in [-0.3, -0.25) is 0 Å². The molecule has 0 heterocycles. The monoisotopic (exact) mass is 281 g/mol. The van der Waals surface area contributed by atoms with Crippen LogP contribution in [0.5, 0.6) is 0 Å². The molecule has 0 amide bonds. The van der Waals surface area contributed by atoms with Crippen LogP contribution in [0.15, 0.2) is 18.2 Å². The second-order valence-electron chi connectivity index (χ2n) is 3.82. The Hall–Kier alpha value is -0.780. The van der Waals surface area contributed by atoms with Crippen molar-refractivity contribution in [3.63, 3.8) is 0 Å². The van der Waals surface area contributed by atoms with Crippen LogP contribution in [0.25, 0.3) is 0 Å². The molecule has 18 heavy (non-hydrogen) atoms. The lowest BCUT2D eigenvalue weighted by molar-refractivity contribution is 0.0183. The van der Waals surface area contributed by atoms with Gasteiger partial charge in [0.05, 0.1) is 11.6 Å². The Labute approximate surface area is 109 Å². The van der Waals surface area contributed by atoms with Gasteiger partial charge >= 0.3 is 0 Å². The van der Waals surface area contributed by atoms with Gasteiger partial charge in [-0.05, 0) is 24.6 Å². The molecule has 0 saturated heterocycles. The zero-order valence-electron chi connectivity index (χ0n) is 9.93. The highest BCUT2D eigenvalue weighted by atomic mass is 35.5. The molecule has 0 aliphatic rings. The molecule has 1 aromatic carbocycles. The molecule has 1 rings (SSSR count). The molecule has 0 fully saturated rings. The predicted molar refractivity (Wildman–Crippen MR) is 64.7 cm³/mol. The minimum absolute atomic E-state index is 0.0752. The van der Waals surface area contributed by atoms with Gasteiger partial charge in [-0.1, -0.05) is 17.7 Å². The van der Waals surface area contributed by atoms with Crippen molar-refractivity contribution < 1.29 is 17.9 Å². The van der Waals surface area contributed by atoms with Crippen LogP contribution in [0.1, 0.15) is 18.5 Å². The highest BCUT2D eigenvalue weighted by molar-refractivity contribution is 6.30. The van der Waals surface area contributed by atoms with Gasteiger partial charge in [0.2, 0.25) is 0 Å². The first-order valence-electron chi connectivity index (χ1n) is 5.55. The maximum atomic E-state index is 13.2. The molecule has 0 bridgehead atoms. The minimum atomic E-state index is -2.45. The van der Waals surface area contributed by atoms with Crippen LogP contribution in [0.3, 0.4) is 0 Å². The first kappa shape index (κ1) is 15.3. The van der Waals surface area contributed by atoms with E-state index in [0.29, 0.717) is 6.54 Å². The first-order valence-corrected chi connectivity index (χ1v) is 5.92. The van der Waals surface area contributed by atoms with E-state index in [9.17, 15) is 13.2 Å². The summed E-state index contributed by atoms with van der Waals surface area (Å²) in [6.07, 6.45) is -2.45. The van der Waals surface area contributed by atoms with E-state index in [-0.39, 0.29) is 17.7 Å². The van der Waals surface area contributed by atoms with E-state index in [1.165, 1.54) is 12.1 Å². The minimum Gasteiger partial charge on any atom is -0.374 e. The first-order chi connectivity index (χ1) is 8.50. The Balaban J connectivity index is 2.31. The van der Waals surface area contributed by atoms with Crippen LogP contribution >= 0.6 is 11.6 Å². The van der Waals surface area contributed by atoms with Gasteiger partial charge in [0, 0.05) is 12.6 Å². The third-order valence-corrected chi connectivity index (χ3v) is 2.69. The largest absolute Gasteiger partial charge is 0.374 e. The van der Waals surface area contributed by atoms with Crippen molar-refractivity contribution in [1.82, 2.24) is 5.32 Å². The Morgan fingerprint density at radius 3 is 2.72 bits per heavy atom. The molecule has 102 valence electrons. The summed E-state index contributed by atoms with van der Waals surface area (Å²) in [6, 6.07) is 4.44. The lowest BCUT2D eigenvalue weighted by atomic mass is 10.1. The molecule has 0 radical (unpaired) electrons. The zero-order valence-corrected chi connectivity index (χ0v) is 10.7. The van der Waals surface area contributed by atoms with Gasteiger partial charge in [0.1, 0.15) is 12.4 Å². The predicted octanol–water partition coefficient (Wildman–Crippen LogP) is 3.41. The van der Waals surface area contributed by atoms with Gasteiger partial charge in [-0.25, -0.2) is 13.2 Å². The van der Waals surface area contributed by atoms with E-state index in [1.54, 1.807) is 6.07 Å². The van der Waals surface area contributed by atoms with Crippen molar-refractivity contribution in [3.05, 3.63) is 34.6 Å². The number of alkyl halides is 2. The van der Waals surface area contributed by atoms with Crippen LogP contribution in [-0.4, -0.2) is 26.2 Å². The highest BCUT2D eigenvalue weighted by Gasteiger charge is 2.08. The van der Waals surface area contributed by atoms with Crippen LogP contribution in [0.4, 0.5) is 13.2 Å². The molecular weight excluding hydrogens is 267 g/mol. The normalized spacial score (nSPS) is 13.0. The van der Waals surface area contributed by atoms with Crippen molar-refractivity contribution in [1.29, 1.82) is 0 Å². The summed E-state index contributed by atoms with van der Waals surface area (Å²) < 4.78 is 41.5. The Morgan fingerprint density at radius 2 is 2.11 bits per heavy atom. The number of hydrogen-bond donors (Lipinski definition) is 1. The number of rotatable bonds is 7. The second-order valence-corrected chi connectivity index (χ2v) is 4.22. The van der Waals surface area contributed by atoms with Crippen molar-refractivity contribution in [2.24, 2.45) is 0 Å². The average Bonchev–Trinajstić information content (AvgIpc) is 2.31. The lowest BCUT2D eigenvalue weighted by Gasteiger charge is -2.14. The van der Waals surface area contributed by atoms with E-state index in [1.807, 2.05) is 6.92 Å². The van der Waals surface area contributed by atoms with Crippen LogP contribution in [0.2, 0.25) is 5.02 Å². The summed E-state index contributed by atoms with van der Waals surface area (Å²) in [7, 11) is 0. The molecule has 0 aromatic heterocycles. The van der Waals surface area contributed by atoms with Crippen molar-refractivity contribution in [2.75, 3.05) is 19.8 Å². The quantitative estimate of drug-likeness (QED) is 0.774. The standard InChI is InChI=1S/C12H15ClF3NO/c1-8(17-4-5-18-7-12(15)16)9-2-3-10(13)11(14)6-9/h2-3,6,8,12,17H,4-5,7H2,1H3. The van der Waals surface area contributed by atoms with Gasteiger partial charge in [-0.15, -0.1) is 0 Å². The molecule has 0 aliphatic heterocycles. The maximum Gasteiger partial charge on any atom is 0.261 e. The van der Waals surface area contributed by atoms with E-state index >= 15 is 0 Å². The summed E-state index contributed by atoms with van der Waals surface area (Å²) in [6.45, 7) is 1.88. The zero-order chi connectivity index (χ0) is 13.5. The summed E-state index contributed by atoms with van der Waals surface area (Å²) in [4.78, 5) is 0. The van der Waals surface area contributed by atoms with Crippen LogP contribution in [0, 0.1) is 5.82 Å². The van der Waals surface area contributed by atoms with Gasteiger partial charge in [-0.2, -0.15) is 0 Å². The number of halogens is 4. The fourth-order valence-electron chi connectivity index (χ4n) is 1.42. The summed E-state index contributed by atoms with van der Waals surface area (Å²) in [5, 5.41) is 3.11. The van der Waals surface area contributed by atoms with Crippen molar-refractivity contribution in [3.8, 4) is 0 Å². The molecule has 1 aromatic rings. The molecule has 1 atom stereocenters. The van der Waals surface area contributed by atoms with Gasteiger partial charge in [0.15, 0.2) is 0 Å². The maximum absolute atomic E-state index is 13.2. The molecule has 6 heteroatoms. The van der Waals surface area contributed by atoms with E-state index in [4.69, 9.17) is 16.3 Å². The Bertz CT molecular complexity index is 376. The fraction of sp³-hybridized carbons (Fsp3) is 0.500. The molecule has 0 spiro atoms. The molecule has 0 saturated carbocycles. The number of ether oxygens (including phenoxy) is 1. The third-order valence-electron chi connectivity index (χ3n) is 2.38. The third kappa shape index (κ3) is 5.25. The number of benzene rings is 1. The van der Waals surface area contributed by atoms with E-state index in [2.05, 4.69) is 5.32 Å². The van der Waals surface area contributed by atoms with Crippen molar-refractivity contribution >= 4 is 11.6 Å². The molecular formula is C12H15ClF3NO. The van der Waals surface area contributed by atoms with Crippen LogP contribution < -0.4 is 5.32 Å². The number of nitrogens with one attached hydrogen (secondary N) is 1. The second kappa shape index (κ2) is 7.61. The molecule has 1 N–H and O–H groups in total. The highest BCUT2D eigenvalue weighted by Crippen LogP contribution is 2.19. The van der Waals surface area contributed by atoms with Crippen molar-refractivity contribution in [2.45, 2.75) is 19.4 Å².